The zero-order chi connectivity index (χ0) is 9.14. The highest BCUT2D eigenvalue weighted by molar-refractivity contribution is 6.32. The Kier molecular flexibility index (Phi) is 2.92. The lowest BCUT2D eigenvalue weighted by Gasteiger charge is -2.06. The first-order chi connectivity index (χ1) is 5.66. The van der Waals surface area contributed by atoms with Crippen LogP contribution in [0.4, 0.5) is 0 Å². The highest BCUT2D eigenvalue weighted by atomic mass is 35.5. The number of rotatable bonds is 2. The van der Waals surface area contributed by atoms with Gasteiger partial charge in [0.05, 0.1) is 11.6 Å². The van der Waals surface area contributed by atoms with Crippen LogP contribution < -0.4 is 5.90 Å². The van der Waals surface area contributed by atoms with Crippen LogP contribution in [0.5, 0.6) is 5.75 Å². The monoisotopic (exact) mass is 187 g/mol. The maximum Gasteiger partial charge on any atom is 0.140 e. The molecule has 66 valence electrons. The first kappa shape index (κ1) is 9.32. The molecule has 0 aliphatic heterocycles. The van der Waals surface area contributed by atoms with Crippen LogP contribution in [0.1, 0.15) is 11.1 Å². The molecule has 3 nitrogen and oxygen atoms in total. The highest BCUT2D eigenvalue weighted by Crippen LogP contribution is 2.30. The van der Waals surface area contributed by atoms with E-state index in [4.69, 9.17) is 17.5 Å². The highest BCUT2D eigenvalue weighted by Gasteiger charge is 2.07. The van der Waals surface area contributed by atoms with Crippen molar-refractivity contribution in [2.24, 2.45) is 5.90 Å². The number of phenols is 1. The third-order valence-corrected chi connectivity index (χ3v) is 2.11. The van der Waals surface area contributed by atoms with Gasteiger partial charge in [0.1, 0.15) is 5.75 Å². The number of nitrogens with two attached hydrogens (primary N) is 1. The fourth-order valence-corrected chi connectivity index (χ4v) is 1.10. The second-order valence-corrected chi connectivity index (χ2v) is 2.89. The molecule has 12 heavy (non-hydrogen) atoms. The summed E-state index contributed by atoms with van der Waals surface area (Å²) < 4.78 is 0. The number of halogens is 1. The molecular formula is C8H10ClNO2. The third kappa shape index (κ3) is 1.69. The molecule has 0 fully saturated rings. The van der Waals surface area contributed by atoms with Crippen molar-refractivity contribution in [3.8, 4) is 5.75 Å². The molecule has 1 aromatic rings. The number of benzene rings is 1. The van der Waals surface area contributed by atoms with E-state index in [9.17, 15) is 5.11 Å². The summed E-state index contributed by atoms with van der Waals surface area (Å²) in [6.45, 7) is 1.97. The summed E-state index contributed by atoms with van der Waals surface area (Å²) >= 11 is 5.77. The molecule has 4 heteroatoms. The third-order valence-electron chi connectivity index (χ3n) is 1.63. The predicted molar refractivity (Wildman–Crippen MR) is 46.8 cm³/mol. The van der Waals surface area contributed by atoms with E-state index >= 15 is 0 Å². The van der Waals surface area contributed by atoms with Gasteiger partial charge >= 0.3 is 0 Å². The summed E-state index contributed by atoms with van der Waals surface area (Å²) in [5.41, 5.74) is 1.42. The van der Waals surface area contributed by atoms with Crippen LogP contribution in [-0.2, 0) is 11.4 Å². The molecule has 0 atom stereocenters. The number of hydrogen-bond donors (Lipinski definition) is 2. The van der Waals surface area contributed by atoms with Crippen LogP contribution in [0.2, 0.25) is 5.02 Å². The van der Waals surface area contributed by atoms with Crippen LogP contribution in [0.3, 0.4) is 0 Å². The van der Waals surface area contributed by atoms with E-state index in [1.54, 1.807) is 12.1 Å². The van der Waals surface area contributed by atoms with Crippen LogP contribution in [0.15, 0.2) is 12.1 Å². The van der Waals surface area contributed by atoms with Gasteiger partial charge in [0, 0.05) is 5.56 Å². The smallest absolute Gasteiger partial charge is 0.140 e. The Hall–Kier alpha value is -0.770. The van der Waals surface area contributed by atoms with Gasteiger partial charge in [-0.3, -0.25) is 4.84 Å². The standard InChI is InChI=1S/C8H10ClNO2/c1-5-2-3-6(4-12-10)8(11)7(5)9/h2-3,11H,4,10H2,1H3. The molecule has 0 bridgehead atoms. The van der Waals surface area contributed by atoms with E-state index in [1.165, 1.54) is 0 Å². The molecule has 1 aromatic carbocycles. The average Bonchev–Trinajstić information content (AvgIpc) is 2.07. The first-order valence-electron chi connectivity index (χ1n) is 3.45. The zero-order valence-electron chi connectivity index (χ0n) is 6.67. The molecule has 0 amide bonds. The van der Waals surface area contributed by atoms with Crippen LogP contribution >= 0.6 is 11.6 Å². The largest absolute Gasteiger partial charge is 0.506 e. The normalized spacial score (nSPS) is 10.2. The Morgan fingerprint density at radius 3 is 2.83 bits per heavy atom. The fraction of sp³-hybridized carbons (Fsp3) is 0.250. The summed E-state index contributed by atoms with van der Waals surface area (Å²) in [6, 6.07) is 3.53. The molecule has 0 saturated heterocycles. The van der Waals surface area contributed by atoms with Gasteiger partial charge < -0.3 is 5.11 Å². The van der Waals surface area contributed by atoms with Gasteiger partial charge in [0.2, 0.25) is 0 Å². The lowest BCUT2D eigenvalue weighted by atomic mass is 10.1. The molecule has 0 saturated carbocycles. The molecular weight excluding hydrogens is 178 g/mol. The second-order valence-electron chi connectivity index (χ2n) is 2.52. The minimum Gasteiger partial charge on any atom is -0.506 e. The fourth-order valence-electron chi connectivity index (χ4n) is 0.912. The Balaban J connectivity index is 3.08. The van der Waals surface area contributed by atoms with E-state index < -0.39 is 0 Å². The van der Waals surface area contributed by atoms with Gasteiger partial charge in [-0.2, -0.15) is 0 Å². The van der Waals surface area contributed by atoms with Crippen molar-refractivity contribution in [3.05, 3.63) is 28.3 Å². The quantitative estimate of drug-likeness (QED) is 0.694. The van der Waals surface area contributed by atoms with E-state index in [0.29, 0.717) is 10.6 Å². The summed E-state index contributed by atoms with van der Waals surface area (Å²) in [7, 11) is 0. The Labute approximate surface area is 75.7 Å². The maximum atomic E-state index is 9.44. The zero-order valence-corrected chi connectivity index (χ0v) is 7.43. The van der Waals surface area contributed by atoms with Crippen molar-refractivity contribution in [2.75, 3.05) is 0 Å². The van der Waals surface area contributed by atoms with E-state index in [1.807, 2.05) is 6.92 Å². The van der Waals surface area contributed by atoms with Crippen molar-refractivity contribution < 1.29 is 9.94 Å². The second kappa shape index (κ2) is 3.76. The Morgan fingerprint density at radius 2 is 2.25 bits per heavy atom. The van der Waals surface area contributed by atoms with E-state index in [-0.39, 0.29) is 12.4 Å². The first-order valence-corrected chi connectivity index (χ1v) is 3.83. The summed E-state index contributed by atoms with van der Waals surface area (Å²) in [6.07, 6.45) is 0. The van der Waals surface area contributed by atoms with Crippen molar-refractivity contribution in [2.45, 2.75) is 13.5 Å². The summed E-state index contributed by atoms with van der Waals surface area (Å²) in [5.74, 6) is 4.91. The molecule has 1 rings (SSSR count). The van der Waals surface area contributed by atoms with E-state index in [2.05, 4.69) is 4.84 Å². The van der Waals surface area contributed by atoms with Crippen molar-refractivity contribution in [1.29, 1.82) is 0 Å². The summed E-state index contributed by atoms with van der Waals surface area (Å²) in [4.78, 5) is 4.38. The van der Waals surface area contributed by atoms with Crippen LogP contribution in [-0.4, -0.2) is 5.11 Å². The topological polar surface area (TPSA) is 55.5 Å². The minimum absolute atomic E-state index is 0.0436. The molecule has 0 spiro atoms. The Morgan fingerprint density at radius 1 is 1.58 bits per heavy atom. The number of aryl methyl sites for hydroxylation is 1. The number of hydrogen-bond acceptors (Lipinski definition) is 3. The van der Waals surface area contributed by atoms with Crippen molar-refractivity contribution >= 4 is 11.6 Å². The maximum absolute atomic E-state index is 9.44. The molecule has 3 N–H and O–H groups in total. The molecule has 0 aromatic heterocycles. The van der Waals surface area contributed by atoms with Crippen molar-refractivity contribution in [3.63, 3.8) is 0 Å². The van der Waals surface area contributed by atoms with Crippen LogP contribution in [0, 0.1) is 6.92 Å². The molecule has 0 aliphatic rings. The minimum atomic E-state index is 0.0436. The van der Waals surface area contributed by atoms with Gasteiger partial charge in [0.25, 0.3) is 0 Å². The van der Waals surface area contributed by atoms with E-state index in [0.717, 1.165) is 5.56 Å². The molecule has 0 heterocycles. The lowest BCUT2D eigenvalue weighted by molar-refractivity contribution is 0.122. The van der Waals surface area contributed by atoms with Gasteiger partial charge in [-0.25, -0.2) is 5.90 Å². The lowest BCUT2D eigenvalue weighted by Crippen LogP contribution is -1.99. The Bertz CT molecular complexity index is 289. The predicted octanol–water partition coefficient (Wildman–Crippen LogP) is 1.74. The van der Waals surface area contributed by atoms with Gasteiger partial charge in [0.15, 0.2) is 0 Å². The average molecular weight is 188 g/mol. The SMILES string of the molecule is Cc1ccc(CON)c(O)c1Cl. The molecule has 0 unspecified atom stereocenters. The van der Waals surface area contributed by atoms with Crippen LogP contribution in [0.25, 0.3) is 0 Å². The van der Waals surface area contributed by atoms with Gasteiger partial charge in [-0.1, -0.05) is 23.7 Å². The number of aromatic hydroxyl groups is 1. The van der Waals surface area contributed by atoms with Crippen molar-refractivity contribution in [1.82, 2.24) is 0 Å². The number of phenolic OH excluding ortho intramolecular Hbond substituents is 1. The molecule has 0 radical (unpaired) electrons. The summed E-state index contributed by atoms with van der Waals surface area (Å²) in [5, 5.41) is 9.79. The molecule has 0 aliphatic carbocycles. The van der Waals surface area contributed by atoms with Gasteiger partial charge in [-0.15, -0.1) is 0 Å². The van der Waals surface area contributed by atoms with Gasteiger partial charge in [-0.05, 0) is 12.5 Å².